The summed E-state index contributed by atoms with van der Waals surface area (Å²) in [4.78, 5) is 31.3. The Balaban J connectivity index is 1.64. The maximum Gasteiger partial charge on any atom is 0.270 e. The van der Waals surface area contributed by atoms with Crippen molar-refractivity contribution in [3.8, 4) is 0 Å². The highest BCUT2D eigenvalue weighted by Gasteiger charge is 2.14. The fraction of sp³-hybridized carbons (Fsp3) is 0.409. The molecule has 1 aliphatic heterocycles. The zero-order chi connectivity index (χ0) is 19.9. The van der Waals surface area contributed by atoms with Gasteiger partial charge in [0, 0.05) is 42.3 Å². The highest BCUT2D eigenvalue weighted by atomic mass is 16.2. The number of piperidine rings is 1. The van der Waals surface area contributed by atoms with Crippen LogP contribution < -0.4 is 15.5 Å². The second-order valence-corrected chi connectivity index (χ2v) is 7.26. The molecule has 0 radical (unpaired) electrons. The molecule has 6 nitrogen and oxygen atoms in total. The van der Waals surface area contributed by atoms with Crippen molar-refractivity contribution >= 4 is 23.2 Å². The summed E-state index contributed by atoms with van der Waals surface area (Å²) in [6.45, 7) is 6.11. The summed E-state index contributed by atoms with van der Waals surface area (Å²) >= 11 is 0. The van der Waals surface area contributed by atoms with Gasteiger partial charge in [-0.1, -0.05) is 6.92 Å². The van der Waals surface area contributed by atoms with E-state index in [1.807, 2.05) is 38.1 Å². The number of nitrogens with zero attached hydrogens (tertiary/aromatic N) is 2. The molecule has 2 N–H and O–H groups in total. The first kappa shape index (κ1) is 19.9. The number of benzene rings is 1. The maximum atomic E-state index is 12.6. The van der Waals surface area contributed by atoms with Crippen LogP contribution in [-0.2, 0) is 0 Å². The number of hydrogen-bond donors (Lipinski definition) is 2. The average Bonchev–Trinajstić information content (AvgIpc) is 2.74. The summed E-state index contributed by atoms with van der Waals surface area (Å²) in [5, 5.41) is 5.75. The second-order valence-electron chi connectivity index (χ2n) is 7.26. The molecule has 2 aromatic rings. The standard InChI is InChI=1S/C22H28N4O2/c1-3-16(2)24-22(28)20-15-17(11-12-23-20)21(27)25-18-7-9-19(10-8-18)26-13-5-4-6-14-26/h7-12,15-16H,3-6,13-14H2,1-2H3,(H,24,28)(H,25,27). The normalized spacial score (nSPS) is 15.0. The quantitative estimate of drug-likeness (QED) is 0.798. The number of anilines is 2. The Bertz CT molecular complexity index is 814. The SMILES string of the molecule is CCC(C)NC(=O)c1cc(C(=O)Nc2ccc(N3CCCCC3)cc2)ccn1. The van der Waals surface area contributed by atoms with Crippen LogP contribution in [0.3, 0.4) is 0 Å². The van der Waals surface area contributed by atoms with Crippen molar-refractivity contribution in [1.82, 2.24) is 10.3 Å². The lowest BCUT2D eigenvalue weighted by atomic mass is 10.1. The number of pyridine rings is 1. The van der Waals surface area contributed by atoms with E-state index >= 15 is 0 Å². The van der Waals surface area contributed by atoms with Gasteiger partial charge in [-0.15, -0.1) is 0 Å². The predicted octanol–water partition coefficient (Wildman–Crippen LogP) is 3.85. The Morgan fingerprint density at radius 3 is 2.46 bits per heavy atom. The van der Waals surface area contributed by atoms with Crippen LogP contribution in [0.15, 0.2) is 42.6 Å². The third-order valence-electron chi connectivity index (χ3n) is 5.09. The second kappa shape index (κ2) is 9.35. The van der Waals surface area contributed by atoms with Gasteiger partial charge in [0.05, 0.1) is 0 Å². The molecule has 1 saturated heterocycles. The van der Waals surface area contributed by atoms with Crippen LogP contribution >= 0.6 is 0 Å². The van der Waals surface area contributed by atoms with Crippen molar-refractivity contribution in [3.63, 3.8) is 0 Å². The summed E-state index contributed by atoms with van der Waals surface area (Å²) in [5.41, 5.74) is 2.57. The van der Waals surface area contributed by atoms with Crippen molar-refractivity contribution in [2.24, 2.45) is 0 Å². The van der Waals surface area contributed by atoms with E-state index in [-0.39, 0.29) is 23.6 Å². The first-order valence-electron chi connectivity index (χ1n) is 10.00. The molecule has 1 aromatic carbocycles. The molecule has 1 unspecified atom stereocenters. The Labute approximate surface area is 166 Å². The smallest absolute Gasteiger partial charge is 0.270 e. The number of amides is 2. The van der Waals surface area contributed by atoms with Gasteiger partial charge in [-0.3, -0.25) is 14.6 Å². The molecular formula is C22H28N4O2. The monoisotopic (exact) mass is 380 g/mol. The lowest BCUT2D eigenvalue weighted by Crippen LogP contribution is -2.32. The van der Waals surface area contributed by atoms with Crippen LogP contribution in [0.5, 0.6) is 0 Å². The highest BCUT2D eigenvalue weighted by molar-refractivity contribution is 6.05. The van der Waals surface area contributed by atoms with E-state index in [9.17, 15) is 9.59 Å². The van der Waals surface area contributed by atoms with Gasteiger partial charge >= 0.3 is 0 Å². The van der Waals surface area contributed by atoms with Gasteiger partial charge in [-0.2, -0.15) is 0 Å². The molecule has 28 heavy (non-hydrogen) atoms. The Kier molecular flexibility index (Phi) is 6.63. The van der Waals surface area contributed by atoms with Crippen molar-refractivity contribution in [2.45, 2.75) is 45.6 Å². The Morgan fingerprint density at radius 2 is 1.79 bits per heavy atom. The van der Waals surface area contributed by atoms with E-state index in [0.29, 0.717) is 5.56 Å². The lowest BCUT2D eigenvalue weighted by Gasteiger charge is -2.28. The number of carbonyl (C=O) groups excluding carboxylic acids is 2. The molecule has 2 amide bonds. The van der Waals surface area contributed by atoms with E-state index in [1.165, 1.54) is 37.2 Å². The van der Waals surface area contributed by atoms with Crippen LogP contribution in [0, 0.1) is 0 Å². The van der Waals surface area contributed by atoms with Gasteiger partial charge in [0.2, 0.25) is 0 Å². The minimum atomic E-state index is -0.269. The van der Waals surface area contributed by atoms with Gasteiger partial charge in [-0.05, 0) is 69.0 Å². The summed E-state index contributed by atoms with van der Waals surface area (Å²) < 4.78 is 0. The largest absolute Gasteiger partial charge is 0.372 e. The molecule has 1 fully saturated rings. The van der Waals surface area contributed by atoms with E-state index in [2.05, 4.69) is 20.5 Å². The van der Waals surface area contributed by atoms with Gasteiger partial charge in [0.15, 0.2) is 0 Å². The number of rotatable bonds is 6. The maximum absolute atomic E-state index is 12.6. The number of carbonyl (C=O) groups is 2. The average molecular weight is 380 g/mol. The number of hydrogen-bond acceptors (Lipinski definition) is 4. The van der Waals surface area contributed by atoms with Crippen LogP contribution in [0.25, 0.3) is 0 Å². The first-order valence-corrected chi connectivity index (χ1v) is 10.00. The van der Waals surface area contributed by atoms with Gasteiger partial charge in [-0.25, -0.2) is 0 Å². The Hall–Kier alpha value is -2.89. The molecule has 1 aliphatic rings. The molecule has 148 valence electrons. The molecular weight excluding hydrogens is 352 g/mol. The zero-order valence-electron chi connectivity index (χ0n) is 16.6. The third kappa shape index (κ3) is 5.09. The van der Waals surface area contributed by atoms with Crippen LogP contribution in [0.2, 0.25) is 0 Å². The Morgan fingerprint density at radius 1 is 1.07 bits per heavy atom. The fourth-order valence-corrected chi connectivity index (χ4v) is 3.21. The minimum absolute atomic E-state index is 0.0604. The molecule has 0 spiro atoms. The molecule has 3 rings (SSSR count). The summed E-state index contributed by atoms with van der Waals surface area (Å²) in [7, 11) is 0. The van der Waals surface area contributed by atoms with Crippen molar-refractivity contribution in [1.29, 1.82) is 0 Å². The fourth-order valence-electron chi connectivity index (χ4n) is 3.21. The zero-order valence-corrected chi connectivity index (χ0v) is 16.6. The van der Waals surface area contributed by atoms with Crippen molar-refractivity contribution < 1.29 is 9.59 Å². The van der Waals surface area contributed by atoms with Crippen LogP contribution in [0.1, 0.15) is 60.4 Å². The summed E-state index contributed by atoms with van der Waals surface area (Å²) in [6.07, 6.45) is 6.08. The molecule has 1 aromatic heterocycles. The highest BCUT2D eigenvalue weighted by Crippen LogP contribution is 2.22. The van der Waals surface area contributed by atoms with E-state index in [1.54, 1.807) is 6.07 Å². The van der Waals surface area contributed by atoms with E-state index in [0.717, 1.165) is 25.2 Å². The van der Waals surface area contributed by atoms with Gasteiger partial charge in [0.25, 0.3) is 11.8 Å². The summed E-state index contributed by atoms with van der Waals surface area (Å²) in [5.74, 6) is -0.527. The molecule has 2 heterocycles. The topological polar surface area (TPSA) is 74.3 Å². The number of nitrogens with one attached hydrogen (secondary N) is 2. The minimum Gasteiger partial charge on any atom is -0.372 e. The van der Waals surface area contributed by atoms with Crippen LogP contribution in [-0.4, -0.2) is 35.9 Å². The lowest BCUT2D eigenvalue weighted by molar-refractivity contribution is 0.0934. The molecule has 6 heteroatoms. The molecule has 0 bridgehead atoms. The van der Waals surface area contributed by atoms with Gasteiger partial charge in [0.1, 0.15) is 5.69 Å². The van der Waals surface area contributed by atoms with E-state index in [4.69, 9.17) is 0 Å². The van der Waals surface area contributed by atoms with Crippen LogP contribution in [0.4, 0.5) is 11.4 Å². The predicted molar refractivity (Wildman–Crippen MR) is 112 cm³/mol. The van der Waals surface area contributed by atoms with Gasteiger partial charge < -0.3 is 15.5 Å². The molecule has 0 aliphatic carbocycles. The molecule has 1 atom stereocenters. The van der Waals surface area contributed by atoms with E-state index < -0.39 is 0 Å². The third-order valence-corrected chi connectivity index (χ3v) is 5.09. The first-order chi connectivity index (χ1) is 13.6. The van der Waals surface area contributed by atoms with Crippen molar-refractivity contribution in [3.05, 3.63) is 53.9 Å². The van der Waals surface area contributed by atoms with Crippen molar-refractivity contribution in [2.75, 3.05) is 23.3 Å². The molecule has 0 saturated carbocycles. The summed E-state index contributed by atoms with van der Waals surface area (Å²) in [6, 6.07) is 11.1. The number of aromatic nitrogens is 1.